The third kappa shape index (κ3) is 3.44. The Morgan fingerprint density at radius 2 is 1.71 bits per heavy atom. The van der Waals surface area contributed by atoms with E-state index in [1.165, 1.54) is 12.8 Å². The van der Waals surface area contributed by atoms with Gasteiger partial charge < -0.3 is 4.90 Å². The van der Waals surface area contributed by atoms with E-state index in [2.05, 4.69) is 60.3 Å². The molecule has 0 saturated heterocycles. The first-order chi connectivity index (χ1) is 7.66. The molecule has 5 atom stereocenters. The van der Waals surface area contributed by atoms with Crippen molar-refractivity contribution in [1.29, 1.82) is 0 Å². The Morgan fingerprint density at radius 3 is 2.12 bits per heavy atom. The van der Waals surface area contributed by atoms with Crippen molar-refractivity contribution in [3.8, 4) is 0 Å². The van der Waals surface area contributed by atoms with Crippen LogP contribution in [-0.4, -0.2) is 42.5 Å². The molecule has 0 aromatic carbocycles. The Kier molecular flexibility index (Phi) is 5.07. The standard InChI is InChI=1S/C15H32NP/c1-11-9-10-13(12(2)16(6)7)14(11)17(8)15(3,4)5/h11-14H,9-10H2,1-8H3/t11?,12-,13?,14?,17?/m1/s1. The van der Waals surface area contributed by atoms with Crippen LogP contribution in [0.1, 0.15) is 47.5 Å². The van der Waals surface area contributed by atoms with Crippen LogP contribution in [0.25, 0.3) is 0 Å². The highest BCUT2D eigenvalue weighted by molar-refractivity contribution is 7.59. The molecule has 2 heteroatoms. The summed E-state index contributed by atoms with van der Waals surface area (Å²) in [6.07, 6.45) is 2.88. The number of hydrogen-bond donors (Lipinski definition) is 0. The quantitative estimate of drug-likeness (QED) is 0.683. The van der Waals surface area contributed by atoms with Crippen LogP contribution in [0.15, 0.2) is 0 Å². The summed E-state index contributed by atoms with van der Waals surface area (Å²) < 4.78 is 0. The van der Waals surface area contributed by atoms with Gasteiger partial charge in [0, 0.05) is 6.04 Å². The molecule has 0 aromatic heterocycles. The predicted molar refractivity (Wildman–Crippen MR) is 81.4 cm³/mol. The molecule has 0 N–H and O–H groups in total. The van der Waals surface area contributed by atoms with Gasteiger partial charge in [0.2, 0.25) is 0 Å². The van der Waals surface area contributed by atoms with E-state index >= 15 is 0 Å². The Hall–Kier alpha value is 0.390. The largest absolute Gasteiger partial charge is 0.306 e. The molecule has 1 fully saturated rings. The van der Waals surface area contributed by atoms with Gasteiger partial charge in [0.05, 0.1) is 0 Å². The van der Waals surface area contributed by atoms with Gasteiger partial charge in [0.25, 0.3) is 0 Å². The summed E-state index contributed by atoms with van der Waals surface area (Å²) in [5.74, 6) is 1.84. The topological polar surface area (TPSA) is 3.24 Å². The fourth-order valence-electron chi connectivity index (χ4n) is 3.24. The third-order valence-corrected chi connectivity index (χ3v) is 8.82. The molecule has 1 aliphatic carbocycles. The maximum Gasteiger partial charge on any atom is 0.00952 e. The molecule has 0 heterocycles. The van der Waals surface area contributed by atoms with Gasteiger partial charge >= 0.3 is 0 Å². The second-order valence-corrected chi connectivity index (χ2v) is 10.4. The fraction of sp³-hybridized carbons (Fsp3) is 1.00. The van der Waals surface area contributed by atoms with E-state index < -0.39 is 0 Å². The summed E-state index contributed by atoms with van der Waals surface area (Å²) in [6.45, 7) is 14.7. The van der Waals surface area contributed by atoms with Crippen molar-refractivity contribution in [2.75, 3.05) is 20.8 Å². The zero-order chi connectivity index (χ0) is 13.4. The van der Waals surface area contributed by atoms with E-state index in [4.69, 9.17) is 0 Å². The van der Waals surface area contributed by atoms with Gasteiger partial charge in [-0.1, -0.05) is 27.7 Å². The zero-order valence-electron chi connectivity index (χ0n) is 13.1. The average Bonchev–Trinajstić information content (AvgIpc) is 2.56. The van der Waals surface area contributed by atoms with E-state index in [0.717, 1.165) is 23.5 Å². The molecular weight excluding hydrogens is 225 g/mol. The lowest BCUT2D eigenvalue weighted by molar-refractivity contribution is 0.228. The maximum atomic E-state index is 2.54. The maximum absolute atomic E-state index is 2.54. The Bertz CT molecular complexity index is 244. The first-order valence-corrected chi connectivity index (χ1v) is 8.91. The van der Waals surface area contributed by atoms with Crippen molar-refractivity contribution in [3.63, 3.8) is 0 Å². The fourth-order valence-corrected chi connectivity index (χ4v) is 6.02. The molecule has 0 spiro atoms. The first-order valence-electron chi connectivity index (χ1n) is 7.05. The van der Waals surface area contributed by atoms with E-state index in [1.807, 2.05) is 0 Å². The Balaban J connectivity index is 2.86. The molecule has 0 aromatic rings. The normalized spacial score (nSPS) is 34.1. The predicted octanol–water partition coefficient (Wildman–Crippen LogP) is 4.26. The Morgan fingerprint density at radius 1 is 1.18 bits per heavy atom. The first kappa shape index (κ1) is 15.4. The van der Waals surface area contributed by atoms with Crippen LogP contribution in [0.5, 0.6) is 0 Å². The number of nitrogens with zero attached hydrogens (tertiary/aromatic N) is 1. The van der Waals surface area contributed by atoms with Crippen molar-refractivity contribution in [3.05, 3.63) is 0 Å². The highest BCUT2D eigenvalue weighted by Crippen LogP contribution is 2.59. The summed E-state index contributed by atoms with van der Waals surface area (Å²) >= 11 is 0. The lowest BCUT2D eigenvalue weighted by Gasteiger charge is -2.41. The molecule has 0 radical (unpaired) electrons. The van der Waals surface area contributed by atoms with E-state index in [0.29, 0.717) is 5.16 Å². The summed E-state index contributed by atoms with van der Waals surface area (Å²) in [6, 6.07) is 0.734. The van der Waals surface area contributed by atoms with Crippen LogP contribution in [0.2, 0.25) is 0 Å². The highest BCUT2D eigenvalue weighted by atomic mass is 31.1. The summed E-state index contributed by atoms with van der Waals surface area (Å²) in [7, 11) is 4.59. The molecule has 0 aliphatic heterocycles. The molecule has 1 aliphatic rings. The number of hydrogen-bond acceptors (Lipinski definition) is 1. The van der Waals surface area contributed by atoms with E-state index in [1.54, 1.807) is 0 Å². The molecule has 0 bridgehead atoms. The van der Waals surface area contributed by atoms with Crippen molar-refractivity contribution in [1.82, 2.24) is 4.90 Å². The lowest BCUT2D eigenvalue weighted by atomic mass is 9.97. The SMILES string of the molecule is CC1CCC([C@@H](C)N(C)C)C1P(C)C(C)(C)C. The van der Waals surface area contributed by atoms with Crippen molar-refractivity contribution in [2.24, 2.45) is 11.8 Å². The van der Waals surface area contributed by atoms with Gasteiger partial charge in [-0.2, -0.15) is 0 Å². The van der Waals surface area contributed by atoms with Crippen molar-refractivity contribution >= 4 is 7.92 Å². The summed E-state index contributed by atoms with van der Waals surface area (Å²) in [5.41, 5.74) is 0.961. The minimum Gasteiger partial charge on any atom is -0.306 e. The van der Waals surface area contributed by atoms with E-state index in [9.17, 15) is 0 Å². The summed E-state index contributed by atoms with van der Waals surface area (Å²) in [4.78, 5) is 2.42. The molecule has 17 heavy (non-hydrogen) atoms. The second kappa shape index (κ2) is 5.57. The average molecular weight is 257 g/mol. The van der Waals surface area contributed by atoms with Gasteiger partial charge in [-0.3, -0.25) is 0 Å². The summed E-state index contributed by atoms with van der Waals surface area (Å²) in [5, 5.41) is 0.503. The van der Waals surface area contributed by atoms with Gasteiger partial charge in [0.15, 0.2) is 0 Å². The van der Waals surface area contributed by atoms with Crippen LogP contribution in [-0.2, 0) is 0 Å². The Labute approximate surface area is 110 Å². The van der Waals surface area contributed by atoms with Crippen LogP contribution in [0.4, 0.5) is 0 Å². The third-order valence-electron chi connectivity index (χ3n) is 4.92. The van der Waals surface area contributed by atoms with E-state index in [-0.39, 0.29) is 7.92 Å². The monoisotopic (exact) mass is 257 g/mol. The van der Waals surface area contributed by atoms with Crippen molar-refractivity contribution in [2.45, 2.75) is 64.3 Å². The molecule has 1 saturated carbocycles. The zero-order valence-corrected chi connectivity index (χ0v) is 14.0. The molecule has 102 valence electrons. The number of rotatable bonds is 3. The van der Waals surface area contributed by atoms with Crippen LogP contribution in [0.3, 0.4) is 0 Å². The lowest BCUT2D eigenvalue weighted by Crippen LogP contribution is -2.38. The van der Waals surface area contributed by atoms with Crippen LogP contribution >= 0.6 is 7.92 Å². The van der Waals surface area contributed by atoms with Gasteiger partial charge in [-0.25, -0.2) is 0 Å². The molecule has 0 amide bonds. The smallest absolute Gasteiger partial charge is 0.00952 e. The highest BCUT2D eigenvalue weighted by Gasteiger charge is 2.43. The second-order valence-electron chi connectivity index (χ2n) is 7.20. The van der Waals surface area contributed by atoms with Gasteiger partial charge in [0.1, 0.15) is 0 Å². The molecule has 1 rings (SSSR count). The van der Waals surface area contributed by atoms with Crippen LogP contribution in [0, 0.1) is 11.8 Å². The molecule has 1 nitrogen and oxygen atoms in total. The molecule has 4 unspecified atom stereocenters. The van der Waals surface area contributed by atoms with Gasteiger partial charge in [-0.15, -0.1) is 7.92 Å². The van der Waals surface area contributed by atoms with Crippen LogP contribution < -0.4 is 0 Å². The van der Waals surface area contributed by atoms with Crippen molar-refractivity contribution < 1.29 is 0 Å². The molecular formula is C15H32NP. The minimum absolute atomic E-state index is 0.115. The minimum atomic E-state index is 0.115. The van der Waals surface area contributed by atoms with Gasteiger partial charge in [-0.05, 0) is 63.2 Å².